The van der Waals surface area contributed by atoms with Crippen molar-refractivity contribution in [2.24, 2.45) is 30.7 Å². The topological polar surface area (TPSA) is 396 Å². The second kappa shape index (κ2) is 16.2. The van der Waals surface area contributed by atoms with Gasteiger partial charge in [0.2, 0.25) is 0 Å². The van der Waals surface area contributed by atoms with Crippen LogP contribution < -0.4 is 16.8 Å². The maximum Gasteiger partial charge on any atom is 0.296 e. The van der Waals surface area contributed by atoms with Gasteiger partial charge in [-0.15, -0.1) is 15.3 Å². The summed E-state index contributed by atoms with van der Waals surface area (Å²) in [7, 11) is -20.1. The Morgan fingerprint density at radius 2 is 1.00 bits per heavy atom. The number of nitrogens with zero attached hydrogens (tertiary/aromatic N) is 6. The van der Waals surface area contributed by atoms with Crippen LogP contribution >= 0.6 is 0 Å². The Labute approximate surface area is 344 Å². The van der Waals surface area contributed by atoms with Gasteiger partial charge in [0.25, 0.3) is 40.5 Å². The van der Waals surface area contributed by atoms with Gasteiger partial charge in [-0.25, -0.2) is 0 Å². The Kier molecular flexibility index (Phi) is 11.6. The van der Waals surface area contributed by atoms with Crippen LogP contribution in [0.15, 0.2) is 147 Å². The summed E-state index contributed by atoms with van der Waals surface area (Å²) in [5, 5.41) is 45.6. The van der Waals surface area contributed by atoms with Crippen molar-refractivity contribution in [2.45, 2.75) is 19.6 Å². The molecule has 0 spiro atoms. The van der Waals surface area contributed by atoms with Crippen LogP contribution in [-0.4, -0.2) is 62.1 Å². The van der Waals surface area contributed by atoms with Crippen LogP contribution in [0.2, 0.25) is 0 Å². The minimum atomic E-state index is -5.28. The molecule has 0 saturated carbocycles. The highest BCUT2D eigenvalue weighted by molar-refractivity contribution is 7.86. The van der Waals surface area contributed by atoms with E-state index in [1.807, 2.05) is 0 Å². The molecule has 0 saturated heterocycles. The van der Waals surface area contributed by atoms with Gasteiger partial charge in [-0.1, -0.05) is 0 Å². The number of rotatable bonds is 12. The lowest BCUT2D eigenvalue weighted by Gasteiger charge is -2.14. The third-order valence-electron chi connectivity index (χ3n) is 8.21. The zero-order valence-electron chi connectivity index (χ0n) is 30.2. The second-order valence-corrected chi connectivity index (χ2v) is 18.0. The summed E-state index contributed by atoms with van der Waals surface area (Å²) >= 11 is 0. The van der Waals surface area contributed by atoms with Crippen molar-refractivity contribution < 1.29 is 62.1 Å². The molecule has 6 aromatic rings. The van der Waals surface area contributed by atoms with E-state index in [9.17, 15) is 62.1 Å². The fourth-order valence-electron chi connectivity index (χ4n) is 5.41. The van der Waals surface area contributed by atoms with Crippen LogP contribution in [0.25, 0.3) is 10.8 Å². The van der Waals surface area contributed by atoms with Crippen molar-refractivity contribution in [3.63, 3.8) is 0 Å². The maximum absolute atomic E-state index is 12.5. The Balaban J connectivity index is 1.37. The van der Waals surface area contributed by atoms with E-state index in [1.54, 1.807) is 0 Å². The first-order chi connectivity index (χ1) is 28.4. The summed E-state index contributed by atoms with van der Waals surface area (Å²) in [4.78, 5) is -3.45. The number of nitrogens with two attached hydrogens (primary N) is 2. The normalized spacial score (nSPS) is 12.9. The van der Waals surface area contributed by atoms with E-state index in [2.05, 4.69) is 36.0 Å². The van der Waals surface area contributed by atoms with E-state index in [4.69, 9.17) is 11.5 Å². The zero-order chi connectivity index (χ0) is 44.7. The molecule has 0 radical (unpaired) electrons. The molecular formula is C34H27N9O14S4. The van der Waals surface area contributed by atoms with Crippen LogP contribution in [0, 0.1) is 0 Å². The van der Waals surface area contributed by atoms with E-state index in [-0.39, 0.29) is 28.5 Å². The number of nitrogens with one attached hydrogen (secondary N) is 1. The molecule has 316 valence electrons. The van der Waals surface area contributed by atoms with Gasteiger partial charge >= 0.3 is 0 Å². The molecule has 0 unspecified atom stereocenters. The molecule has 0 aliphatic heterocycles. The lowest BCUT2D eigenvalue weighted by atomic mass is 10.1. The molecule has 0 fully saturated rings. The van der Waals surface area contributed by atoms with Crippen molar-refractivity contribution >= 4 is 108 Å². The van der Waals surface area contributed by atoms with Crippen LogP contribution in [-0.2, 0) is 40.5 Å². The first kappa shape index (κ1) is 43.6. The van der Waals surface area contributed by atoms with Gasteiger partial charge in [0.1, 0.15) is 37.5 Å². The second-order valence-electron chi connectivity index (χ2n) is 12.4. The summed E-state index contributed by atoms with van der Waals surface area (Å²) in [5.74, 6) is -1.16. The fourth-order valence-corrected chi connectivity index (χ4v) is 7.88. The van der Waals surface area contributed by atoms with Gasteiger partial charge in [-0.05, 0) is 96.4 Å². The van der Waals surface area contributed by atoms with Crippen LogP contribution in [0.5, 0.6) is 11.5 Å². The van der Waals surface area contributed by atoms with Gasteiger partial charge in [0.05, 0.1) is 44.4 Å². The van der Waals surface area contributed by atoms with Gasteiger partial charge < -0.3 is 27.0 Å². The third-order valence-corrected chi connectivity index (χ3v) is 11.7. The number of phenolic OH excluding ortho intramolecular Hbond substituents is 2. The molecule has 11 N–H and O–H groups in total. The third kappa shape index (κ3) is 9.91. The number of aromatic hydroxyl groups is 2. The quantitative estimate of drug-likeness (QED) is 0.0328. The van der Waals surface area contributed by atoms with E-state index >= 15 is 0 Å². The van der Waals surface area contributed by atoms with Crippen molar-refractivity contribution in [3.05, 3.63) is 97.1 Å². The van der Waals surface area contributed by atoms with Gasteiger partial charge in [0, 0.05) is 11.8 Å². The molecule has 23 nitrogen and oxygen atoms in total. The Bertz CT molecular complexity index is 3310. The molecule has 6 rings (SSSR count). The molecule has 0 heterocycles. The highest BCUT2D eigenvalue weighted by Crippen LogP contribution is 2.48. The lowest BCUT2D eigenvalue weighted by Crippen LogP contribution is -2.04. The zero-order valence-corrected chi connectivity index (χ0v) is 33.4. The molecule has 0 atom stereocenters. The highest BCUT2D eigenvalue weighted by atomic mass is 32.2. The van der Waals surface area contributed by atoms with E-state index in [0.29, 0.717) is 29.2 Å². The summed E-state index contributed by atoms with van der Waals surface area (Å²) in [5.41, 5.74) is 10.0. The van der Waals surface area contributed by atoms with Crippen molar-refractivity contribution in [2.75, 3.05) is 16.8 Å². The van der Waals surface area contributed by atoms with Crippen LogP contribution in [0.1, 0.15) is 0 Å². The Hall–Kier alpha value is -6.98. The average Bonchev–Trinajstić information content (AvgIpc) is 3.16. The van der Waals surface area contributed by atoms with Crippen LogP contribution in [0.3, 0.4) is 0 Å². The van der Waals surface area contributed by atoms with Gasteiger partial charge in [0.15, 0.2) is 5.75 Å². The predicted molar refractivity (Wildman–Crippen MR) is 217 cm³/mol. The molecule has 27 heteroatoms. The summed E-state index contributed by atoms with van der Waals surface area (Å²) < 4.78 is 137. The van der Waals surface area contributed by atoms with Crippen molar-refractivity contribution in [1.82, 2.24) is 0 Å². The monoisotopic (exact) mass is 913 g/mol. The standard InChI is InChI=1S/C34H27N9O14S4/c35-24-16-22(44)8-12-25(24)41-38-19-3-1-18(2-4-19)37-26-11-7-21(15-27(26)59(49,50)51)40-42-32-28(60(52,53)54)13-17-14-29(61(55,56)57)33(34(45)30(17)31(32)36)43-39-20-5-9-23(10-6-20)58(46,47)48/h1-16,37,44-45H,35-36H2,(H,46,47,48)(H,49,50,51)(H,52,53,54)(H,55,56,57)/b41-38+,42-40+,43-39+. The molecule has 0 amide bonds. The Morgan fingerprint density at radius 3 is 1.56 bits per heavy atom. The largest absolute Gasteiger partial charge is 0.508 e. The molecule has 6 aromatic carbocycles. The number of phenols is 2. The molecule has 61 heavy (non-hydrogen) atoms. The SMILES string of the molecule is Nc1cc(O)ccc1/N=N/c1ccc(Nc2ccc(/N=N/c3c(S(=O)(=O)O)cc4cc(S(=O)(=O)O)c(/N=N/c5ccc(S(=O)(=O)O)cc5)c(O)c4c3N)cc2S(=O)(=O)O)cc1. The van der Waals surface area contributed by atoms with Crippen molar-refractivity contribution in [1.29, 1.82) is 0 Å². The minimum Gasteiger partial charge on any atom is -0.508 e. The molecular weight excluding hydrogens is 887 g/mol. The number of anilines is 4. The summed E-state index contributed by atoms with van der Waals surface area (Å²) in [6, 6.07) is 18.6. The molecule has 0 aliphatic carbocycles. The van der Waals surface area contributed by atoms with Gasteiger partial charge in [-0.3, -0.25) is 18.2 Å². The number of nitrogen functional groups attached to an aromatic ring is 2. The van der Waals surface area contributed by atoms with E-state index in [0.717, 1.165) is 30.3 Å². The number of fused-ring (bicyclic) bond motifs is 1. The van der Waals surface area contributed by atoms with E-state index in [1.165, 1.54) is 54.6 Å². The van der Waals surface area contributed by atoms with Gasteiger partial charge in [-0.2, -0.15) is 49.0 Å². The number of azo groups is 3. The van der Waals surface area contributed by atoms with Crippen LogP contribution in [0.4, 0.5) is 56.9 Å². The number of hydrogen-bond acceptors (Lipinski definition) is 19. The minimum absolute atomic E-state index is 0.0538. The molecule has 0 aromatic heterocycles. The molecule has 0 aliphatic rings. The number of benzene rings is 6. The summed E-state index contributed by atoms with van der Waals surface area (Å²) in [6.45, 7) is 0. The van der Waals surface area contributed by atoms with E-state index < -0.39 is 93.6 Å². The fraction of sp³-hybridized carbons (Fsp3) is 0. The average molecular weight is 914 g/mol. The predicted octanol–water partition coefficient (Wildman–Crippen LogP) is 7.39. The first-order valence-electron chi connectivity index (χ1n) is 16.4. The first-order valence-corrected chi connectivity index (χ1v) is 22.1. The van der Waals surface area contributed by atoms with Crippen molar-refractivity contribution in [3.8, 4) is 11.5 Å². The smallest absolute Gasteiger partial charge is 0.296 e. The summed E-state index contributed by atoms with van der Waals surface area (Å²) in [6.07, 6.45) is 0. The highest BCUT2D eigenvalue weighted by Gasteiger charge is 2.28. The molecule has 0 bridgehead atoms. The maximum atomic E-state index is 12.5. The number of hydrogen-bond donors (Lipinski definition) is 9. The Morgan fingerprint density at radius 1 is 0.492 bits per heavy atom. The lowest BCUT2D eigenvalue weighted by molar-refractivity contribution is 0.472.